The molecule has 1 aromatic carbocycles. The first-order chi connectivity index (χ1) is 9.61. The van der Waals surface area contributed by atoms with Crippen LogP contribution < -0.4 is 5.32 Å². The molecule has 2 N–H and O–H groups in total. The molecule has 0 bridgehead atoms. The minimum absolute atomic E-state index is 0.0827. The number of likely N-dealkylation sites (tertiary alicyclic amines) is 1. The molecule has 1 aliphatic heterocycles. The molecule has 1 fully saturated rings. The van der Waals surface area contributed by atoms with E-state index in [0.29, 0.717) is 37.4 Å². The molecule has 0 aromatic heterocycles. The van der Waals surface area contributed by atoms with Gasteiger partial charge in [-0.2, -0.15) is 0 Å². The lowest BCUT2D eigenvalue weighted by molar-refractivity contribution is -0.135. The van der Waals surface area contributed by atoms with E-state index in [9.17, 15) is 9.90 Å². The topological polar surface area (TPSA) is 52.6 Å². The summed E-state index contributed by atoms with van der Waals surface area (Å²) in [6.07, 6.45) is 1.63. The lowest BCUT2D eigenvalue weighted by Crippen LogP contribution is -2.49. The van der Waals surface area contributed by atoms with E-state index < -0.39 is 0 Å². The van der Waals surface area contributed by atoms with Crippen molar-refractivity contribution < 1.29 is 9.90 Å². The maximum atomic E-state index is 12.5. The number of hydrogen-bond donors (Lipinski definition) is 2. The molecule has 110 valence electrons. The lowest BCUT2D eigenvalue weighted by atomic mass is 10.0. The number of amides is 1. The Labute approximate surface area is 124 Å². The second kappa shape index (κ2) is 7.07. The fourth-order valence-corrected chi connectivity index (χ4v) is 2.72. The summed E-state index contributed by atoms with van der Waals surface area (Å²) >= 11 is 6.15. The lowest BCUT2D eigenvalue weighted by Gasteiger charge is -2.32. The van der Waals surface area contributed by atoms with Gasteiger partial charge >= 0.3 is 0 Å². The van der Waals surface area contributed by atoms with Crippen molar-refractivity contribution in [2.24, 2.45) is 0 Å². The second-order valence-electron chi connectivity index (χ2n) is 5.19. The Morgan fingerprint density at radius 2 is 2.10 bits per heavy atom. The average Bonchev–Trinajstić information content (AvgIpc) is 2.46. The Bertz CT molecular complexity index is 459. The number of aliphatic hydroxyl groups excluding tert-OH is 1. The van der Waals surface area contributed by atoms with Crippen molar-refractivity contribution in [3.05, 3.63) is 34.9 Å². The van der Waals surface area contributed by atoms with Gasteiger partial charge in [0.15, 0.2) is 0 Å². The summed E-state index contributed by atoms with van der Waals surface area (Å²) in [6, 6.07) is 7.32. The molecule has 5 heteroatoms. The molecule has 0 aliphatic carbocycles. The van der Waals surface area contributed by atoms with E-state index >= 15 is 0 Å². The Morgan fingerprint density at radius 1 is 1.45 bits per heavy atom. The first-order valence-electron chi connectivity index (χ1n) is 6.99. The van der Waals surface area contributed by atoms with Crippen molar-refractivity contribution in [1.29, 1.82) is 0 Å². The number of likely N-dealkylation sites (N-methyl/N-ethyl adjacent to an activating group) is 1. The summed E-state index contributed by atoms with van der Waals surface area (Å²) in [7, 11) is 1.79. The summed E-state index contributed by atoms with van der Waals surface area (Å²) in [4.78, 5) is 14.3. The highest BCUT2D eigenvalue weighted by atomic mass is 35.5. The van der Waals surface area contributed by atoms with Crippen molar-refractivity contribution in [3.8, 4) is 0 Å². The quantitative estimate of drug-likeness (QED) is 0.884. The zero-order chi connectivity index (χ0) is 14.5. The molecule has 1 heterocycles. The summed E-state index contributed by atoms with van der Waals surface area (Å²) in [5.74, 6) is 0.0827. The van der Waals surface area contributed by atoms with Gasteiger partial charge in [-0.05, 0) is 37.9 Å². The first kappa shape index (κ1) is 15.3. The van der Waals surface area contributed by atoms with Crippen molar-refractivity contribution >= 4 is 17.5 Å². The average molecular weight is 297 g/mol. The normalized spacial score (nSPS) is 18.1. The molecule has 0 unspecified atom stereocenters. The third kappa shape index (κ3) is 3.72. The largest absolute Gasteiger partial charge is 0.393 e. The van der Waals surface area contributed by atoms with Crippen LogP contribution in [0.2, 0.25) is 5.02 Å². The van der Waals surface area contributed by atoms with E-state index in [1.54, 1.807) is 7.05 Å². The molecule has 1 aliphatic rings. The monoisotopic (exact) mass is 296 g/mol. The number of nitrogens with zero attached hydrogens (tertiary/aromatic N) is 1. The minimum Gasteiger partial charge on any atom is -0.393 e. The number of aliphatic hydroxyl groups is 1. The highest BCUT2D eigenvalue weighted by Crippen LogP contribution is 2.18. The van der Waals surface area contributed by atoms with Crippen LogP contribution in [-0.4, -0.2) is 48.2 Å². The van der Waals surface area contributed by atoms with Gasteiger partial charge in [0.1, 0.15) is 0 Å². The number of halogens is 1. The Balaban J connectivity index is 2.01. The van der Waals surface area contributed by atoms with Crippen LogP contribution in [0.5, 0.6) is 0 Å². The number of nitrogens with one attached hydrogen (secondary N) is 1. The molecule has 1 saturated heterocycles. The van der Waals surface area contributed by atoms with Gasteiger partial charge in [0.05, 0.1) is 12.1 Å². The smallest absolute Gasteiger partial charge is 0.240 e. The van der Waals surface area contributed by atoms with E-state index in [0.717, 1.165) is 5.56 Å². The van der Waals surface area contributed by atoms with E-state index in [-0.39, 0.29) is 18.1 Å². The van der Waals surface area contributed by atoms with E-state index in [1.165, 1.54) is 0 Å². The standard InChI is InChI=1S/C15H21ClN2O2/c1-17-14(10-11-4-2-3-5-13(11)16)15(20)18-8-6-12(19)7-9-18/h2-5,12,14,17,19H,6-10H2,1H3/t14-/m0/s1. The molecule has 1 aromatic rings. The number of carbonyl (C=O) groups is 1. The number of carbonyl (C=O) groups excluding carboxylic acids is 1. The molecule has 0 saturated carbocycles. The molecule has 20 heavy (non-hydrogen) atoms. The van der Waals surface area contributed by atoms with Crippen molar-refractivity contribution in [2.45, 2.75) is 31.4 Å². The molecule has 1 atom stereocenters. The fourth-order valence-electron chi connectivity index (χ4n) is 2.50. The Hall–Kier alpha value is -1.10. The third-order valence-electron chi connectivity index (χ3n) is 3.80. The first-order valence-corrected chi connectivity index (χ1v) is 7.37. The predicted octanol–water partition coefficient (Wildman–Crippen LogP) is 1.45. The van der Waals surface area contributed by atoms with Crippen LogP contribution in [0.1, 0.15) is 18.4 Å². The summed E-state index contributed by atoms with van der Waals surface area (Å²) in [6.45, 7) is 1.25. The Kier molecular flexibility index (Phi) is 5.40. The van der Waals surface area contributed by atoms with Gasteiger partial charge in [0.2, 0.25) is 5.91 Å². The SMILES string of the molecule is CN[C@@H](Cc1ccccc1Cl)C(=O)N1CCC(O)CC1. The molecular weight excluding hydrogens is 276 g/mol. The zero-order valence-corrected chi connectivity index (χ0v) is 12.4. The summed E-state index contributed by atoms with van der Waals surface area (Å²) in [5.41, 5.74) is 0.971. The fraction of sp³-hybridized carbons (Fsp3) is 0.533. The van der Waals surface area contributed by atoms with Crippen LogP contribution in [0.4, 0.5) is 0 Å². The third-order valence-corrected chi connectivity index (χ3v) is 4.17. The second-order valence-corrected chi connectivity index (χ2v) is 5.60. The van der Waals surface area contributed by atoms with Crippen molar-refractivity contribution in [3.63, 3.8) is 0 Å². The van der Waals surface area contributed by atoms with E-state index in [2.05, 4.69) is 5.32 Å². The van der Waals surface area contributed by atoms with Gasteiger partial charge in [0, 0.05) is 18.1 Å². The molecular formula is C15H21ClN2O2. The summed E-state index contributed by atoms with van der Waals surface area (Å²) in [5, 5.41) is 13.3. The van der Waals surface area contributed by atoms with Crippen LogP contribution in [0.25, 0.3) is 0 Å². The van der Waals surface area contributed by atoms with E-state index in [1.807, 2.05) is 29.2 Å². The highest BCUT2D eigenvalue weighted by Gasteiger charge is 2.27. The van der Waals surface area contributed by atoms with E-state index in [4.69, 9.17) is 11.6 Å². The van der Waals surface area contributed by atoms with Gasteiger partial charge in [0.25, 0.3) is 0 Å². The molecule has 0 radical (unpaired) electrons. The van der Waals surface area contributed by atoms with Crippen molar-refractivity contribution in [2.75, 3.05) is 20.1 Å². The number of benzene rings is 1. The number of hydrogen-bond acceptors (Lipinski definition) is 3. The van der Waals surface area contributed by atoms with Gasteiger partial charge in [-0.25, -0.2) is 0 Å². The molecule has 0 spiro atoms. The van der Waals surface area contributed by atoms with Crippen LogP contribution in [0.3, 0.4) is 0 Å². The molecule has 1 amide bonds. The highest BCUT2D eigenvalue weighted by molar-refractivity contribution is 6.31. The van der Waals surface area contributed by atoms with Gasteiger partial charge < -0.3 is 15.3 Å². The predicted molar refractivity (Wildman–Crippen MR) is 79.8 cm³/mol. The number of piperidine rings is 1. The van der Waals surface area contributed by atoms with Crippen LogP contribution in [0, 0.1) is 0 Å². The summed E-state index contributed by atoms with van der Waals surface area (Å²) < 4.78 is 0. The van der Waals surface area contributed by atoms with Gasteiger partial charge in [-0.15, -0.1) is 0 Å². The van der Waals surface area contributed by atoms with Crippen molar-refractivity contribution in [1.82, 2.24) is 10.2 Å². The Morgan fingerprint density at radius 3 is 2.70 bits per heavy atom. The van der Waals surface area contributed by atoms with Crippen LogP contribution in [-0.2, 0) is 11.2 Å². The van der Waals surface area contributed by atoms with Crippen LogP contribution in [0.15, 0.2) is 24.3 Å². The molecule has 4 nitrogen and oxygen atoms in total. The van der Waals surface area contributed by atoms with Gasteiger partial charge in [-0.1, -0.05) is 29.8 Å². The van der Waals surface area contributed by atoms with Gasteiger partial charge in [-0.3, -0.25) is 4.79 Å². The zero-order valence-electron chi connectivity index (χ0n) is 11.7. The maximum absolute atomic E-state index is 12.5. The molecule has 2 rings (SSSR count). The maximum Gasteiger partial charge on any atom is 0.240 e. The number of rotatable bonds is 4. The minimum atomic E-state index is -0.273. The van der Waals surface area contributed by atoms with Crippen LogP contribution >= 0.6 is 11.6 Å².